The molecule has 0 amide bonds. The Morgan fingerprint density at radius 2 is 0.895 bits per heavy atom. The second-order valence-corrected chi connectivity index (χ2v) is 7.53. The van der Waals surface area contributed by atoms with Crippen molar-refractivity contribution in [3.05, 3.63) is 0 Å². The van der Waals surface area contributed by atoms with E-state index < -0.39 is 0 Å². The van der Waals surface area contributed by atoms with E-state index in [1.807, 2.05) is 0 Å². The molecule has 0 aliphatic carbocycles. The summed E-state index contributed by atoms with van der Waals surface area (Å²) in [5.41, 5.74) is 0. The van der Waals surface area contributed by atoms with E-state index in [-0.39, 0.29) is 0 Å². The maximum absolute atomic E-state index is 2.39. The van der Waals surface area contributed by atoms with E-state index >= 15 is 0 Å². The van der Waals surface area contributed by atoms with Crippen LogP contribution in [0.15, 0.2) is 0 Å². The average molecular weight is 273 g/mol. The molecule has 0 saturated carbocycles. The summed E-state index contributed by atoms with van der Waals surface area (Å²) in [6, 6.07) is 0. The zero-order valence-corrected chi connectivity index (χ0v) is 14.7. The van der Waals surface area contributed by atoms with Gasteiger partial charge in [0.05, 0.1) is 54.4 Å². The van der Waals surface area contributed by atoms with Gasteiger partial charge in [-0.05, 0) is 38.5 Å². The van der Waals surface area contributed by atoms with Crippen LogP contribution >= 0.6 is 0 Å². The Hall–Kier alpha value is -0.0800. The van der Waals surface area contributed by atoms with E-state index in [0.717, 1.165) is 0 Å². The van der Waals surface area contributed by atoms with Crippen molar-refractivity contribution in [2.24, 2.45) is 0 Å². The Morgan fingerprint density at radius 1 is 0.474 bits per heavy atom. The number of unbranched alkanes of at least 4 members (excludes halogenated alkanes) is 4. The van der Waals surface area contributed by atoms with Crippen molar-refractivity contribution in [1.82, 2.24) is 0 Å². The molecule has 0 aromatic rings. The van der Waals surface area contributed by atoms with Gasteiger partial charge in [0.2, 0.25) is 0 Å². The van der Waals surface area contributed by atoms with Crippen LogP contribution in [-0.2, 0) is 0 Å². The van der Waals surface area contributed by atoms with Crippen LogP contribution in [0.2, 0.25) is 0 Å². The van der Waals surface area contributed by atoms with Crippen LogP contribution < -0.4 is 0 Å². The third kappa shape index (κ3) is 11.4. The van der Waals surface area contributed by atoms with Gasteiger partial charge in [0.1, 0.15) is 0 Å². The van der Waals surface area contributed by atoms with Gasteiger partial charge in [-0.2, -0.15) is 0 Å². The summed E-state index contributed by atoms with van der Waals surface area (Å²) in [6.45, 7) is 9.94. The van der Waals surface area contributed by atoms with Gasteiger partial charge in [-0.1, -0.05) is 20.3 Å². The van der Waals surface area contributed by atoms with E-state index in [1.165, 1.54) is 80.1 Å². The van der Waals surface area contributed by atoms with E-state index in [9.17, 15) is 0 Å². The highest BCUT2D eigenvalue weighted by molar-refractivity contribution is 4.45. The lowest BCUT2D eigenvalue weighted by molar-refractivity contribution is -0.891. The molecular formula is C17H40N2+2. The first-order valence-corrected chi connectivity index (χ1v) is 8.47. The molecule has 19 heavy (non-hydrogen) atoms. The van der Waals surface area contributed by atoms with Gasteiger partial charge < -0.3 is 8.97 Å². The zero-order chi connectivity index (χ0) is 14.8. The maximum atomic E-state index is 2.39. The molecule has 0 fully saturated rings. The van der Waals surface area contributed by atoms with Crippen LogP contribution in [0.4, 0.5) is 0 Å². The molecule has 0 aromatic heterocycles. The van der Waals surface area contributed by atoms with Gasteiger partial charge in [0.15, 0.2) is 0 Å². The minimum Gasteiger partial charge on any atom is -0.328 e. The van der Waals surface area contributed by atoms with Crippen LogP contribution in [0, 0.1) is 0 Å². The fourth-order valence-corrected chi connectivity index (χ4v) is 2.85. The van der Waals surface area contributed by atoms with Gasteiger partial charge >= 0.3 is 0 Å². The summed E-state index contributed by atoms with van der Waals surface area (Å²) >= 11 is 0. The molecule has 0 aromatic carbocycles. The lowest BCUT2D eigenvalue weighted by atomic mass is 10.1. The predicted octanol–water partition coefficient (Wildman–Crippen LogP) is 3.91. The molecular weight excluding hydrogens is 232 g/mol. The zero-order valence-electron chi connectivity index (χ0n) is 14.7. The fraction of sp³-hybridized carbons (Fsp3) is 1.00. The summed E-state index contributed by atoms with van der Waals surface area (Å²) in [7, 11) is 9.51. The molecule has 0 bridgehead atoms. The van der Waals surface area contributed by atoms with Gasteiger partial charge in [-0.25, -0.2) is 0 Å². The molecule has 0 atom stereocenters. The van der Waals surface area contributed by atoms with Crippen molar-refractivity contribution in [2.75, 3.05) is 54.4 Å². The van der Waals surface area contributed by atoms with Crippen LogP contribution in [0.5, 0.6) is 0 Å². The molecule has 2 nitrogen and oxygen atoms in total. The molecule has 0 saturated heterocycles. The molecule has 0 N–H and O–H groups in total. The first kappa shape index (κ1) is 18.9. The third-order valence-electron chi connectivity index (χ3n) is 4.22. The first-order valence-electron chi connectivity index (χ1n) is 8.47. The molecule has 0 heterocycles. The predicted molar refractivity (Wildman–Crippen MR) is 87.4 cm³/mol. The topological polar surface area (TPSA) is 0 Å². The Kier molecular flexibility index (Phi) is 9.72. The highest BCUT2D eigenvalue weighted by atomic mass is 15.3. The van der Waals surface area contributed by atoms with Gasteiger partial charge in [-0.3, -0.25) is 0 Å². The third-order valence-corrected chi connectivity index (χ3v) is 4.22. The normalized spacial score (nSPS) is 12.9. The summed E-state index contributed by atoms with van der Waals surface area (Å²) in [5, 5.41) is 0. The molecule has 2 heteroatoms. The Labute approximate surface area is 123 Å². The molecule has 0 spiro atoms. The lowest BCUT2D eigenvalue weighted by Gasteiger charge is -2.30. The van der Waals surface area contributed by atoms with Gasteiger partial charge in [0, 0.05) is 0 Å². The summed E-state index contributed by atoms with van der Waals surface area (Å²) in [6.07, 6.45) is 9.63. The molecule has 116 valence electrons. The molecule has 0 radical (unpaired) electrons. The van der Waals surface area contributed by atoms with Crippen molar-refractivity contribution < 1.29 is 8.97 Å². The Morgan fingerprint density at radius 3 is 1.32 bits per heavy atom. The van der Waals surface area contributed by atoms with Crippen molar-refractivity contribution in [3.63, 3.8) is 0 Å². The number of rotatable bonds is 12. The molecule has 0 aliphatic rings. The van der Waals surface area contributed by atoms with Crippen molar-refractivity contribution in [1.29, 1.82) is 0 Å². The van der Waals surface area contributed by atoms with Crippen LogP contribution in [0.25, 0.3) is 0 Å². The van der Waals surface area contributed by atoms with E-state index in [1.54, 1.807) is 0 Å². The highest BCUT2D eigenvalue weighted by Crippen LogP contribution is 2.09. The fourth-order valence-electron chi connectivity index (χ4n) is 2.85. The van der Waals surface area contributed by atoms with E-state index in [4.69, 9.17) is 0 Å². The second kappa shape index (κ2) is 9.77. The largest absolute Gasteiger partial charge is 0.328 e. The standard InChI is InChI=1S/C17H40N2/c1-7-9-15-19(5,6)17-13-11-10-12-16-18(3,4)14-8-2/h7-17H2,1-6H3/q+2. The van der Waals surface area contributed by atoms with Crippen LogP contribution in [-0.4, -0.2) is 63.3 Å². The molecule has 0 unspecified atom stereocenters. The van der Waals surface area contributed by atoms with E-state index in [0.29, 0.717) is 0 Å². The molecule has 0 aliphatic heterocycles. The lowest BCUT2D eigenvalue weighted by Crippen LogP contribution is -2.41. The van der Waals surface area contributed by atoms with Gasteiger partial charge in [-0.15, -0.1) is 0 Å². The summed E-state index contributed by atoms with van der Waals surface area (Å²) in [5.74, 6) is 0. The summed E-state index contributed by atoms with van der Waals surface area (Å²) < 4.78 is 2.42. The minimum atomic E-state index is 1.20. The monoisotopic (exact) mass is 272 g/mol. The second-order valence-electron chi connectivity index (χ2n) is 7.53. The van der Waals surface area contributed by atoms with Crippen LogP contribution in [0.1, 0.15) is 58.8 Å². The average Bonchev–Trinajstić information content (AvgIpc) is 2.31. The first-order chi connectivity index (χ1) is 8.83. The van der Waals surface area contributed by atoms with E-state index in [2.05, 4.69) is 42.0 Å². The molecule has 0 rings (SSSR count). The quantitative estimate of drug-likeness (QED) is 0.373. The number of nitrogens with zero attached hydrogens (tertiary/aromatic N) is 2. The SMILES string of the molecule is CCCC[N+](C)(C)CCCCCC[N+](C)(C)CCC. The van der Waals surface area contributed by atoms with Crippen molar-refractivity contribution in [2.45, 2.75) is 58.8 Å². The number of quaternary nitrogens is 2. The summed E-state index contributed by atoms with van der Waals surface area (Å²) in [4.78, 5) is 0. The van der Waals surface area contributed by atoms with Crippen molar-refractivity contribution >= 4 is 0 Å². The Balaban J connectivity index is 3.54. The van der Waals surface area contributed by atoms with Crippen LogP contribution in [0.3, 0.4) is 0 Å². The number of hydrogen-bond acceptors (Lipinski definition) is 0. The van der Waals surface area contributed by atoms with Gasteiger partial charge in [0.25, 0.3) is 0 Å². The highest BCUT2D eigenvalue weighted by Gasteiger charge is 2.14. The van der Waals surface area contributed by atoms with Crippen molar-refractivity contribution in [3.8, 4) is 0 Å². The minimum absolute atomic E-state index is 1.20. The Bertz CT molecular complexity index is 209. The number of hydrogen-bond donors (Lipinski definition) is 0. The maximum Gasteiger partial charge on any atom is 0.0782 e. The smallest absolute Gasteiger partial charge is 0.0782 e.